The summed E-state index contributed by atoms with van der Waals surface area (Å²) in [5, 5.41) is 8.71. The van der Waals surface area contributed by atoms with Crippen molar-refractivity contribution in [1.29, 1.82) is 0 Å². The molecule has 1 saturated carbocycles. The molecule has 0 atom stereocenters. The fourth-order valence-corrected chi connectivity index (χ4v) is 2.94. The van der Waals surface area contributed by atoms with E-state index in [2.05, 4.69) is 0 Å². The van der Waals surface area contributed by atoms with E-state index in [1.54, 1.807) is 4.90 Å². The van der Waals surface area contributed by atoms with Gasteiger partial charge in [0.15, 0.2) is 0 Å². The van der Waals surface area contributed by atoms with E-state index in [9.17, 15) is 4.79 Å². The van der Waals surface area contributed by atoms with Crippen molar-refractivity contribution in [2.24, 2.45) is 11.1 Å². The number of hydrogen-bond donors (Lipinski definition) is 2. The fraction of sp³-hybridized carbons (Fsp3) is 0.846. The molecule has 0 radical (unpaired) electrons. The zero-order valence-corrected chi connectivity index (χ0v) is 12.0. The van der Waals surface area contributed by atoms with Crippen LogP contribution in [0, 0.1) is 5.41 Å². The lowest BCUT2D eigenvalue weighted by Gasteiger charge is -2.31. The number of nitrogens with two attached hydrogens (primary N) is 1. The molecule has 0 aliphatic heterocycles. The van der Waals surface area contributed by atoms with Gasteiger partial charge in [-0.15, -0.1) is 0 Å². The maximum Gasteiger partial charge on any atom is 0.235 e. The summed E-state index contributed by atoms with van der Waals surface area (Å²) in [5.41, 5.74) is 5.22. The van der Waals surface area contributed by atoms with Gasteiger partial charge in [-0.1, -0.05) is 25.1 Å². The second-order valence-electron chi connectivity index (χ2n) is 5.16. The molecule has 104 valence electrons. The fourth-order valence-electron chi connectivity index (χ4n) is 2.65. The van der Waals surface area contributed by atoms with Crippen molar-refractivity contribution in [2.75, 3.05) is 20.2 Å². The first-order chi connectivity index (χ1) is 8.54. The number of rotatable bonds is 7. The third-order valence-corrected chi connectivity index (χ3v) is 4.23. The summed E-state index contributed by atoms with van der Waals surface area (Å²) in [5.74, 6) is 0.0801. The van der Waals surface area contributed by atoms with Crippen LogP contribution in [0.2, 0.25) is 0 Å². The molecule has 0 aromatic rings. The van der Waals surface area contributed by atoms with Gasteiger partial charge in [-0.3, -0.25) is 4.79 Å². The maximum absolute atomic E-state index is 12.5. The van der Waals surface area contributed by atoms with Gasteiger partial charge in [0, 0.05) is 20.2 Å². The third-order valence-electron chi connectivity index (χ3n) is 3.84. The summed E-state index contributed by atoms with van der Waals surface area (Å²) in [6, 6.07) is 0. The van der Waals surface area contributed by atoms with Gasteiger partial charge in [-0.25, -0.2) is 0 Å². The van der Waals surface area contributed by atoms with Crippen LogP contribution in [0.3, 0.4) is 0 Å². The van der Waals surface area contributed by atoms with Crippen LogP contribution in [0.4, 0.5) is 0 Å². The molecule has 0 unspecified atom stereocenters. The first-order valence-electron chi connectivity index (χ1n) is 6.71. The monoisotopic (exact) mass is 272 g/mol. The maximum atomic E-state index is 12.5. The van der Waals surface area contributed by atoms with Crippen molar-refractivity contribution in [2.45, 2.75) is 44.9 Å². The first kappa shape index (κ1) is 15.4. The van der Waals surface area contributed by atoms with Crippen LogP contribution in [-0.2, 0) is 4.79 Å². The molecule has 4 nitrogen and oxygen atoms in total. The minimum Gasteiger partial charge on any atom is -0.396 e. The standard InChI is InChI=1S/C13H24N2O2S/c1-15(9-5-2-6-10-16)12(17)13(11(14)18)7-3-4-8-13/h16H,2-10H2,1H3,(H2,14,18). The molecule has 0 heterocycles. The van der Waals surface area contributed by atoms with Crippen molar-refractivity contribution in [3.05, 3.63) is 0 Å². The van der Waals surface area contributed by atoms with Crippen LogP contribution in [-0.4, -0.2) is 41.1 Å². The smallest absolute Gasteiger partial charge is 0.235 e. The number of carbonyl (C=O) groups is 1. The van der Waals surface area contributed by atoms with E-state index in [1.807, 2.05) is 7.05 Å². The number of carbonyl (C=O) groups excluding carboxylic acids is 1. The van der Waals surface area contributed by atoms with Crippen LogP contribution < -0.4 is 5.73 Å². The van der Waals surface area contributed by atoms with Crippen molar-refractivity contribution < 1.29 is 9.90 Å². The highest BCUT2D eigenvalue weighted by Gasteiger charge is 2.45. The van der Waals surface area contributed by atoms with Gasteiger partial charge >= 0.3 is 0 Å². The largest absolute Gasteiger partial charge is 0.396 e. The first-order valence-corrected chi connectivity index (χ1v) is 7.12. The topological polar surface area (TPSA) is 66.6 Å². The summed E-state index contributed by atoms with van der Waals surface area (Å²) in [6.45, 7) is 0.928. The summed E-state index contributed by atoms with van der Waals surface area (Å²) < 4.78 is 0. The summed E-state index contributed by atoms with van der Waals surface area (Å²) in [7, 11) is 1.82. The predicted octanol–water partition coefficient (Wildman–Crippen LogP) is 1.45. The zero-order chi connectivity index (χ0) is 13.6. The van der Waals surface area contributed by atoms with E-state index in [4.69, 9.17) is 23.1 Å². The van der Waals surface area contributed by atoms with E-state index in [0.29, 0.717) is 11.5 Å². The lowest BCUT2D eigenvalue weighted by Crippen LogP contribution is -2.48. The Balaban J connectivity index is 2.53. The Hall–Kier alpha value is -0.680. The van der Waals surface area contributed by atoms with Crippen molar-refractivity contribution in [3.8, 4) is 0 Å². The van der Waals surface area contributed by atoms with Gasteiger partial charge in [0.05, 0.1) is 10.4 Å². The normalized spacial score (nSPS) is 17.7. The molecule has 5 heteroatoms. The molecule has 1 amide bonds. The molecule has 1 aliphatic carbocycles. The lowest BCUT2D eigenvalue weighted by atomic mass is 9.84. The van der Waals surface area contributed by atoms with Crippen LogP contribution in [0.1, 0.15) is 44.9 Å². The Morgan fingerprint density at radius 2 is 1.94 bits per heavy atom. The summed E-state index contributed by atoms with van der Waals surface area (Å²) >= 11 is 5.11. The second-order valence-corrected chi connectivity index (χ2v) is 5.60. The Morgan fingerprint density at radius 3 is 2.44 bits per heavy atom. The molecule has 0 aromatic carbocycles. The average Bonchev–Trinajstić information content (AvgIpc) is 2.84. The average molecular weight is 272 g/mol. The Morgan fingerprint density at radius 1 is 1.33 bits per heavy atom. The Bertz CT molecular complexity index is 301. The Labute approximate surface area is 115 Å². The lowest BCUT2D eigenvalue weighted by molar-refractivity contribution is -0.136. The molecule has 1 aliphatic rings. The number of aliphatic hydroxyl groups excluding tert-OH is 1. The van der Waals surface area contributed by atoms with E-state index < -0.39 is 5.41 Å². The van der Waals surface area contributed by atoms with Crippen LogP contribution in [0.25, 0.3) is 0 Å². The number of nitrogens with zero attached hydrogens (tertiary/aromatic N) is 1. The van der Waals surface area contributed by atoms with E-state index >= 15 is 0 Å². The minimum atomic E-state index is -0.582. The number of unbranched alkanes of at least 4 members (excludes halogenated alkanes) is 2. The molecule has 3 N–H and O–H groups in total. The third kappa shape index (κ3) is 3.42. The van der Waals surface area contributed by atoms with Gasteiger partial charge in [-0.2, -0.15) is 0 Å². The van der Waals surface area contributed by atoms with Gasteiger partial charge in [0.25, 0.3) is 0 Å². The van der Waals surface area contributed by atoms with E-state index in [-0.39, 0.29) is 12.5 Å². The highest BCUT2D eigenvalue weighted by Crippen LogP contribution is 2.40. The molecule has 0 aromatic heterocycles. The van der Waals surface area contributed by atoms with Crippen molar-refractivity contribution >= 4 is 23.1 Å². The number of thiocarbonyl (C=S) groups is 1. The van der Waals surface area contributed by atoms with Crippen LogP contribution in [0.5, 0.6) is 0 Å². The van der Waals surface area contributed by atoms with Gasteiger partial charge < -0.3 is 15.7 Å². The highest BCUT2D eigenvalue weighted by molar-refractivity contribution is 7.80. The quantitative estimate of drug-likeness (QED) is 0.544. The number of aliphatic hydroxyl groups is 1. The zero-order valence-electron chi connectivity index (χ0n) is 11.2. The van der Waals surface area contributed by atoms with Gasteiger partial charge in [0.2, 0.25) is 5.91 Å². The summed E-state index contributed by atoms with van der Waals surface area (Å²) in [6.07, 6.45) is 6.29. The Kier molecular flexibility index (Phi) is 6.02. The molecular weight excluding hydrogens is 248 g/mol. The summed E-state index contributed by atoms with van der Waals surface area (Å²) in [4.78, 5) is 14.6. The minimum absolute atomic E-state index is 0.0801. The van der Waals surface area contributed by atoms with E-state index in [0.717, 1.165) is 44.9 Å². The van der Waals surface area contributed by atoms with Crippen LogP contribution in [0.15, 0.2) is 0 Å². The molecule has 0 bridgehead atoms. The molecule has 18 heavy (non-hydrogen) atoms. The SMILES string of the molecule is CN(CCCCCO)C(=O)C1(C(N)=S)CCCC1. The predicted molar refractivity (Wildman–Crippen MR) is 76.3 cm³/mol. The molecule has 1 fully saturated rings. The van der Waals surface area contributed by atoms with Crippen molar-refractivity contribution in [1.82, 2.24) is 4.90 Å². The van der Waals surface area contributed by atoms with Gasteiger partial charge in [-0.05, 0) is 32.1 Å². The number of hydrogen-bond acceptors (Lipinski definition) is 3. The molecule has 0 saturated heterocycles. The van der Waals surface area contributed by atoms with E-state index in [1.165, 1.54) is 0 Å². The molecule has 0 spiro atoms. The molecular formula is C13H24N2O2S. The highest BCUT2D eigenvalue weighted by atomic mass is 32.1. The van der Waals surface area contributed by atoms with Gasteiger partial charge in [0.1, 0.15) is 0 Å². The molecule has 1 rings (SSSR count). The van der Waals surface area contributed by atoms with Crippen LogP contribution >= 0.6 is 12.2 Å². The van der Waals surface area contributed by atoms with Crippen molar-refractivity contribution in [3.63, 3.8) is 0 Å². The second kappa shape index (κ2) is 7.04. The number of amides is 1.